The Kier molecular flexibility index (Phi) is 5.16. The molecule has 2 heterocycles. The summed E-state index contributed by atoms with van der Waals surface area (Å²) in [4.78, 5) is 2.08. The molecule has 0 bridgehead atoms. The smallest absolute Gasteiger partial charge is 0.213 e. The molecule has 34 heavy (non-hydrogen) atoms. The summed E-state index contributed by atoms with van der Waals surface area (Å²) in [5, 5.41) is 10.7. The summed E-state index contributed by atoms with van der Waals surface area (Å²) in [5.74, 6) is 0.684. The second-order valence-electron chi connectivity index (χ2n) is 8.97. The predicted molar refractivity (Wildman–Crippen MR) is 140 cm³/mol. The van der Waals surface area contributed by atoms with E-state index < -0.39 is 0 Å². The topological polar surface area (TPSA) is 28.1 Å². The zero-order valence-corrected chi connectivity index (χ0v) is 20.4. The molecule has 6 rings (SSSR count). The maximum Gasteiger partial charge on any atom is 0.213 e. The van der Waals surface area contributed by atoms with E-state index in [1.54, 1.807) is 6.07 Å². The first-order valence-corrected chi connectivity index (χ1v) is 12.0. The molecule has 4 aromatic rings. The van der Waals surface area contributed by atoms with Crippen LogP contribution in [0.25, 0.3) is 10.8 Å². The average Bonchev–Trinajstić information content (AvgIpc) is 3.29. The Hall–Kier alpha value is -3.21. The Morgan fingerprint density at radius 3 is 2.44 bits per heavy atom. The summed E-state index contributed by atoms with van der Waals surface area (Å²) in [6.07, 6.45) is 0.364. The third-order valence-corrected chi connectivity index (χ3v) is 7.08. The highest BCUT2D eigenvalue weighted by atomic mass is 35.5. The van der Waals surface area contributed by atoms with Gasteiger partial charge in [0.05, 0.1) is 16.8 Å². The number of ether oxygens (including phenoxy) is 1. The molecule has 4 nitrogen and oxygen atoms in total. The van der Waals surface area contributed by atoms with Gasteiger partial charge in [0.25, 0.3) is 0 Å². The molecule has 0 N–H and O–H groups in total. The first kappa shape index (κ1) is 21.3. The molecule has 0 unspecified atom stereocenters. The maximum atomic E-state index is 6.60. The minimum Gasteiger partial charge on any atom is -0.463 e. The molecule has 170 valence electrons. The van der Waals surface area contributed by atoms with Gasteiger partial charge in [-0.2, -0.15) is 5.10 Å². The van der Waals surface area contributed by atoms with Gasteiger partial charge in [-0.25, -0.2) is 5.01 Å². The predicted octanol–water partition coefficient (Wildman–Crippen LogP) is 7.45. The van der Waals surface area contributed by atoms with E-state index in [0.29, 0.717) is 15.8 Å². The molecule has 2 aliphatic rings. The molecule has 0 amide bonds. The van der Waals surface area contributed by atoms with Crippen LogP contribution in [0.15, 0.2) is 84.0 Å². The minimum absolute atomic E-state index is 0.0139. The van der Waals surface area contributed by atoms with Crippen LogP contribution in [-0.4, -0.2) is 24.8 Å². The molecule has 0 saturated heterocycles. The Morgan fingerprint density at radius 1 is 0.912 bits per heavy atom. The molecule has 0 radical (unpaired) electrons. The van der Waals surface area contributed by atoms with Crippen molar-refractivity contribution in [3.8, 4) is 5.75 Å². The lowest BCUT2D eigenvalue weighted by molar-refractivity contribution is -0.0189. The standard InChI is InChI=1S/C28H23Cl2N3O/c1-32(2)22-11-9-18(10-12-22)28-33-26(23-14-21(29)15-24(30)27(23)34-28)16-25(31-33)20-8-7-17-5-3-4-6-19(17)13-20/h3-15,26,28H,16H2,1-2H3/t26-,28+/m1/s1. The summed E-state index contributed by atoms with van der Waals surface area (Å²) < 4.78 is 6.49. The molecule has 0 fully saturated rings. The van der Waals surface area contributed by atoms with Crippen LogP contribution < -0.4 is 9.64 Å². The minimum atomic E-state index is -0.384. The fourth-order valence-corrected chi connectivity index (χ4v) is 5.37. The SMILES string of the molecule is CN(C)c1ccc([C@@H]2Oc3c(Cl)cc(Cl)cc3[C@H]3CC(c4ccc5ccccc5c4)=NN32)cc1. The fourth-order valence-electron chi connectivity index (χ4n) is 4.81. The van der Waals surface area contributed by atoms with E-state index in [4.69, 9.17) is 33.0 Å². The Morgan fingerprint density at radius 2 is 1.68 bits per heavy atom. The number of halogens is 2. The second-order valence-corrected chi connectivity index (χ2v) is 9.81. The first-order chi connectivity index (χ1) is 16.5. The van der Waals surface area contributed by atoms with Crippen LogP contribution in [0.2, 0.25) is 10.0 Å². The van der Waals surface area contributed by atoms with Crippen LogP contribution in [-0.2, 0) is 0 Å². The monoisotopic (exact) mass is 487 g/mol. The largest absolute Gasteiger partial charge is 0.463 e. The van der Waals surface area contributed by atoms with Crippen LogP contribution in [0.4, 0.5) is 5.69 Å². The van der Waals surface area contributed by atoms with Crippen molar-refractivity contribution in [3.05, 3.63) is 106 Å². The number of fused-ring (bicyclic) bond motifs is 4. The average molecular weight is 488 g/mol. The molecule has 0 aromatic heterocycles. The zero-order chi connectivity index (χ0) is 23.4. The van der Waals surface area contributed by atoms with Gasteiger partial charge in [-0.1, -0.05) is 71.7 Å². The van der Waals surface area contributed by atoms with Gasteiger partial charge in [0.15, 0.2) is 0 Å². The molecule has 6 heteroatoms. The van der Waals surface area contributed by atoms with Gasteiger partial charge < -0.3 is 9.64 Å². The van der Waals surface area contributed by atoms with Crippen molar-refractivity contribution in [1.29, 1.82) is 0 Å². The van der Waals surface area contributed by atoms with Crippen LogP contribution in [0.3, 0.4) is 0 Å². The molecule has 2 aliphatic heterocycles. The second kappa shape index (κ2) is 8.23. The number of anilines is 1. The number of benzene rings is 4. The van der Waals surface area contributed by atoms with E-state index in [0.717, 1.165) is 34.5 Å². The van der Waals surface area contributed by atoms with E-state index in [9.17, 15) is 0 Å². The molecular formula is C28H23Cl2N3O. The van der Waals surface area contributed by atoms with Gasteiger partial charge in [0, 0.05) is 42.4 Å². The third-order valence-electron chi connectivity index (χ3n) is 6.59. The van der Waals surface area contributed by atoms with Crippen molar-refractivity contribution in [3.63, 3.8) is 0 Å². The Bertz CT molecular complexity index is 1430. The van der Waals surface area contributed by atoms with Gasteiger partial charge >= 0.3 is 0 Å². The van der Waals surface area contributed by atoms with E-state index in [2.05, 4.69) is 76.6 Å². The van der Waals surface area contributed by atoms with Crippen molar-refractivity contribution >= 4 is 45.4 Å². The molecule has 0 saturated carbocycles. The molecule has 0 aliphatic carbocycles. The Labute approximate surface area is 209 Å². The van der Waals surface area contributed by atoms with Crippen molar-refractivity contribution in [2.45, 2.75) is 18.7 Å². The van der Waals surface area contributed by atoms with E-state index in [1.165, 1.54) is 10.8 Å². The Balaban J connectivity index is 1.45. The number of hydrogen-bond donors (Lipinski definition) is 0. The summed E-state index contributed by atoms with van der Waals surface area (Å²) in [7, 11) is 4.06. The lowest BCUT2D eigenvalue weighted by Gasteiger charge is -2.38. The highest BCUT2D eigenvalue weighted by Gasteiger charge is 2.42. The lowest BCUT2D eigenvalue weighted by Crippen LogP contribution is -2.33. The molecular weight excluding hydrogens is 465 g/mol. The van der Waals surface area contributed by atoms with Crippen LogP contribution in [0.1, 0.15) is 35.4 Å². The summed E-state index contributed by atoms with van der Waals surface area (Å²) in [6.45, 7) is 0. The van der Waals surface area contributed by atoms with Crippen molar-refractivity contribution < 1.29 is 4.74 Å². The first-order valence-electron chi connectivity index (χ1n) is 11.3. The van der Waals surface area contributed by atoms with Gasteiger partial charge in [-0.3, -0.25) is 0 Å². The number of hydrogen-bond acceptors (Lipinski definition) is 4. The molecule has 4 aromatic carbocycles. The van der Waals surface area contributed by atoms with E-state index >= 15 is 0 Å². The van der Waals surface area contributed by atoms with Crippen LogP contribution in [0.5, 0.6) is 5.75 Å². The summed E-state index contributed by atoms with van der Waals surface area (Å²) >= 11 is 13.0. The number of hydrazone groups is 1. The summed E-state index contributed by atoms with van der Waals surface area (Å²) in [5.41, 5.74) is 5.26. The third kappa shape index (κ3) is 3.58. The molecule has 2 atom stereocenters. The quantitative estimate of drug-likeness (QED) is 0.300. The lowest BCUT2D eigenvalue weighted by atomic mass is 9.95. The molecule has 0 spiro atoms. The van der Waals surface area contributed by atoms with Gasteiger partial charge in [-0.05, 0) is 46.7 Å². The zero-order valence-electron chi connectivity index (χ0n) is 18.9. The van der Waals surface area contributed by atoms with Crippen LogP contribution in [0, 0.1) is 0 Å². The van der Waals surface area contributed by atoms with Crippen molar-refractivity contribution in [1.82, 2.24) is 5.01 Å². The van der Waals surface area contributed by atoms with Crippen molar-refractivity contribution in [2.24, 2.45) is 5.10 Å². The van der Waals surface area contributed by atoms with Gasteiger partial charge in [0.2, 0.25) is 6.23 Å². The van der Waals surface area contributed by atoms with Gasteiger partial charge in [0.1, 0.15) is 5.75 Å². The number of nitrogens with zero attached hydrogens (tertiary/aromatic N) is 3. The normalized spacial score (nSPS) is 18.8. The summed E-state index contributed by atoms with van der Waals surface area (Å²) in [6, 6.07) is 26.9. The fraction of sp³-hybridized carbons (Fsp3) is 0.179. The van der Waals surface area contributed by atoms with E-state index in [1.807, 2.05) is 20.2 Å². The number of rotatable bonds is 3. The van der Waals surface area contributed by atoms with Crippen LogP contribution >= 0.6 is 23.2 Å². The van der Waals surface area contributed by atoms with Crippen molar-refractivity contribution in [2.75, 3.05) is 19.0 Å². The van der Waals surface area contributed by atoms with Gasteiger partial charge in [-0.15, -0.1) is 0 Å². The maximum absolute atomic E-state index is 6.60. The highest BCUT2D eigenvalue weighted by molar-refractivity contribution is 6.35. The van der Waals surface area contributed by atoms with E-state index in [-0.39, 0.29) is 12.3 Å². The highest BCUT2D eigenvalue weighted by Crippen LogP contribution is 2.51.